The van der Waals surface area contributed by atoms with Crippen molar-refractivity contribution in [3.63, 3.8) is 0 Å². The summed E-state index contributed by atoms with van der Waals surface area (Å²) < 4.78 is 11.1. The Hall–Kier alpha value is -1.75. The van der Waals surface area contributed by atoms with Gasteiger partial charge in [0.05, 0.1) is 12.7 Å². The highest BCUT2D eigenvalue weighted by Gasteiger charge is 2.10. The molecule has 0 aliphatic rings. The molecule has 2 N–H and O–H groups in total. The smallest absolute Gasteiger partial charge is 0.298 e. The van der Waals surface area contributed by atoms with Gasteiger partial charge in [0, 0.05) is 25.3 Å². The lowest BCUT2D eigenvalue weighted by Gasteiger charge is -2.15. The third-order valence-electron chi connectivity index (χ3n) is 2.61. The van der Waals surface area contributed by atoms with Crippen molar-refractivity contribution in [2.75, 3.05) is 30.8 Å². The number of rotatable bonds is 5. The van der Waals surface area contributed by atoms with Gasteiger partial charge in [-0.05, 0) is 26.0 Å². The summed E-state index contributed by atoms with van der Waals surface area (Å²) in [5.41, 5.74) is 7.90. The summed E-state index contributed by atoms with van der Waals surface area (Å²) >= 11 is 0. The first-order valence-corrected chi connectivity index (χ1v) is 6.05. The summed E-state index contributed by atoms with van der Waals surface area (Å²) in [5.74, 6) is 0. The quantitative estimate of drug-likeness (QED) is 0.823. The highest BCUT2D eigenvalue weighted by Crippen LogP contribution is 2.22. The van der Waals surface area contributed by atoms with Gasteiger partial charge in [0.15, 0.2) is 5.58 Å². The van der Waals surface area contributed by atoms with Crippen molar-refractivity contribution >= 4 is 22.8 Å². The molecule has 5 heteroatoms. The summed E-state index contributed by atoms with van der Waals surface area (Å²) in [6.07, 6.45) is 0.238. The lowest BCUT2D eigenvalue weighted by atomic mass is 10.3. The Kier molecular flexibility index (Phi) is 3.72. The summed E-state index contributed by atoms with van der Waals surface area (Å²) in [4.78, 5) is 6.33. The molecule has 98 valence electrons. The summed E-state index contributed by atoms with van der Waals surface area (Å²) in [6.45, 7) is 5.42. The lowest BCUT2D eigenvalue weighted by molar-refractivity contribution is 0.0842. The fraction of sp³-hybridized carbons (Fsp3) is 0.462. The predicted octanol–water partition coefficient (Wildman–Crippen LogP) is 2.27. The average molecular weight is 249 g/mol. The molecule has 0 saturated heterocycles. The van der Waals surface area contributed by atoms with E-state index in [0.717, 1.165) is 12.1 Å². The van der Waals surface area contributed by atoms with Gasteiger partial charge in [-0.3, -0.25) is 0 Å². The van der Waals surface area contributed by atoms with Crippen LogP contribution in [0.3, 0.4) is 0 Å². The molecule has 0 saturated carbocycles. The van der Waals surface area contributed by atoms with Gasteiger partial charge in [0.1, 0.15) is 5.52 Å². The van der Waals surface area contributed by atoms with Crippen molar-refractivity contribution < 1.29 is 9.15 Å². The van der Waals surface area contributed by atoms with Gasteiger partial charge in [-0.2, -0.15) is 4.98 Å². The minimum absolute atomic E-state index is 0.238. The van der Waals surface area contributed by atoms with E-state index in [1.807, 2.05) is 37.9 Å². The van der Waals surface area contributed by atoms with Crippen molar-refractivity contribution in [2.45, 2.75) is 20.0 Å². The molecule has 1 aromatic heterocycles. The Morgan fingerprint density at radius 1 is 1.44 bits per heavy atom. The van der Waals surface area contributed by atoms with Gasteiger partial charge in [-0.15, -0.1) is 0 Å². The molecular weight excluding hydrogens is 230 g/mol. The Bertz CT molecular complexity index is 522. The molecule has 2 aromatic rings. The topological polar surface area (TPSA) is 64.5 Å². The molecule has 2 rings (SSSR count). The van der Waals surface area contributed by atoms with Crippen molar-refractivity contribution in [1.82, 2.24) is 4.98 Å². The van der Waals surface area contributed by atoms with E-state index in [2.05, 4.69) is 4.98 Å². The van der Waals surface area contributed by atoms with Gasteiger partial charge in [0.2, 0.25) is 0 Å². The number of aromatic nitrogens is 1. The van der Waals surface area contributed by atoms with E-state index in [9.17, 15) is 0 Å². The molecule has 0 aliphatic carbocycles. The molecule has 0 fully saturated rings. The van der Waals surface area contributed by atoms with Crippen LogP contribution in [-0.4, -0.2) is 31.3 Å². The molecule has 0 atom stereocenters. The van der Waals surface area contributed by atoms with Gasteiger partial charge in [0.25, 0.3) is 6.01 Å². The summed E-state index contributed by atoms with van der Waals surface area (Å²) in [7, 11) is 1.93. The third-order valence-corrected chi connectivity index (χ3v) is 2.61. The number of hydrogen-bond donors (Lipinski definition) is 1. The van der Waals surface area contributed by atoms with Crippen molar-refractivity contribution in [1.29, 1.82) is 0 Å². The average Bonchev–Trinajstić information content (AvgIpc) is 2.71. The molecule has 1 aromatic carbocycles. The second-order valence-corrected chi connectivity index (χ2v) is 4.56. The van der Waals surface area contributed by atoms with E-state index in [0.29, 0.717) is 23.9 Å². The maximum absolute atomic E-state index is 5.70. The number of oxazole rings is 1. The minimum Gasteiger partial charge on any atom is -0.423 e. The Morgan fingerprint density at radius 2 is 2.22 bits per heavy atom. The molecule has 0 amide bonds. The zero-order valence-corrected chi connectivity index (χ0v) is 11.0. The van der Waals surface area contributed by atoms with Crippen molar-refractivity contribution in [2.24, 2.45) is 0 Å². The zero-order valence-electron chi connectivity index (χ0n) is 11.0. The van der Waals surface area contributed by atoms with Crippen LogP contribution >= 0.6 is 0 Å². The summed E-state index contributed by atoms with van der Waals surface area (Å²) in [5, 5.41) is 0. The van der Waals surface area contributed by atoms with Gasteiger partial charge in [-0.1, -0.05) is 0 Å². The number of anilines is 2. The molecule has 0 aliphatic heterocycles. The molecule has 1 heterocycles. The van der Waals surface area contributed by atoms with E-state index < -0.39 is 0 Å². The van der Waals surface area contributed by atoms with E-state index >= 15 is 0 Å². The minimum atomic E-state index is 0.238. The number of likely N-dealkylation sites (N-methyl/N-ethyl adjacent to an activating group) is 1. The van der Waals surface area contributed by atoms with E-state index in [4.69, 9.17) is 14.9 Å². The predicted molar refractivity (Wildman–Crippen MR) is 72.8 cm³/mol. The third kappa shape index (κ3) is 2.92. The Morgan fingerprint density at radius 3 is 2.94 bits per heavy atom. The van der Waals surface area contributed by atoms with Crippen molar-refractivity contribution in [3.05, 3.63) is 18.2 Å². The first-order chi connectivity index (χ1) is 8.56. The second kappa shape index (κ2) is 5.27. The van der Waals surface area contributed by atoms with Crippen LogP contribution in [0.2, 0.25) is 0 Å². The number of ether oxygens (including phenoxy) is 1. The largest absolute Gasteiger partial charge is 0.423 e. The lowest BCUT2D eigenvalue weighted by Crippen LogP contribution is -2.24. The summed E-state index contributed by atoms with van der Waals surface area (Å²) in [6, 6.07) is 6.04. The van der Waals surface area contributed by atoms with E-state index in [-0.39, 0.29) is 6.10 Å². The SMILES string of the molecule is CC(C)OCCN(C)c1nc2ccc(N)cc2o1. The van der Waals surface area contributed by atoms with Crippen LogP contribution in [0.4, 0.5) is 11.7 Å². The van der Waals surface area contributed by atoms with E-state index in [1.165, 1.54) is 0 Å². The molecule has 5 nitrogen and oxygen atoms in total. The van der Waals surface area contributed by atoms with Crippen LogP contribution in [0.5, 0.6) is 0 Å². The maximum atomic E-state index is 5.70. The highest BCUT2D eigenvalue weighted by atomic mass is 16.5. The van der Waals surface area contributed by atoms with Gasteiger partial charge < -0.3 is 19.8 Å². The monoisotopic (exact) mass is 249 g/mol. The van der Waals surface area contributed by atoms with Crippen LogP contribution in [0.25, 0.3) is 11.1 Å². The number of hydrogen-bond acceptors (Lipinski definition) is 5. The molecular formula is C13H19N3O2. The van der Waals surface area contributed by atoms with Crippen LogP contribution in [-0.2, 0) is 4.74 Å². The molecule has 0 radical (unpaired) electrons. The van der Waals surface area contributed by atoms with E-state index in [1.54, 1.807) is 6.07 Å². The normalized spacial score (nSPS) is 11.3. The molecule has 0 bridgehead atoms. The molecule has 0 unspecified atom stereocenters. The first-order valence-electron chi connectivity index (χ1n) is 6.05. The van der Waals surface area contributed by atoms with Crippen LogP contribution < -0.4 is 10.6 Å². The Labute approximate surface area is 107 Å². The number of benzene rings is 1. The van der Waals surface area contributed by atoms with Gasteiger partial charge >= 0.3 is 0 Å². The zero-order chi connectivity index (χ0) is 13.1. The molecule has 18 heavy (non-hydrogen) atoms. The second-order valence-electron chi connectivity index (χ2n) is 4.56. The number of nitrogen functional groups attached to an aromatic ring is 1. The molecule has 0 spiro atoms. The number of nitrogens with zero attached hydrogens (tertiary/aromatic N) is 2. The van der Waals surface area contributed by atoms with Crippen LogP contribution in [0.15, 0.2) is 22.6 Å². The number of fused-ring (bicyclic) bond motifs is 1. The Balaban J connectivity index is 2.06. The fourth-order valence-corrected chi connectivity index (χ4v) is 1.61. The highest BCUT2D eigenvalue weighted by molar-refractivity contribution is 5.78. The van der Waals surface area contributed by atoms with Crippen LogP contribution in [0, 0.1) is 0 Å². The standard InChI is InChI=1S/C13H19N3O2/c1-9(2)17-7-6-16(3)13-15-11-5-4-10(14)8-12(11)18-13/h4-5,8-9H,6-7,14H2,1-3H3. The van der Waals surface area contributed by atoms with Crippen molar-refractivity contribution in [3.8, 4) is 0 Å². The van der Waals surface area contributed by atoms with Crippen LogP contribution in [0.1, 0.15) is 13.8 Å². The fourth-order valence-electron chi connectivity index (χ4n) is 1.61. The first kappa shape index (κ1) is 12.7. The maximum Gasteiger partial charge on any atom is 0.298 e. The number of nitrogens with two attached hydrogens (primary N) is 1. The van der Waals surface area contributed by atoms with Gasteiger partial charge in [-0.25, -0.2) is 0 Å².